The molecule has 3 heterocycles. The third-order valence-electron chi connectivity index (χ3n) is 5.53. The van der Waals surface area contributed by atoms with Gasteiger partial charge < -0.3 is 10.1 Å². The molecule has 2 saturated heterocycles. The summed E-state index contributed by atoms with van der Waals surface area (Å²) >= 11 is 0. The summed E-state index contributed by atoms with van der Waals surface area (Å²) in [5.74, 6) is 0.779. The second-order valence-electron chi connectivity index (χ2n) is 7.33. The Labute approximate surface area is 158 Å². The molecule has 2 aliphatic rings. The highest BCUT2D eigenvalue weighted by Gasteiger charge is 2.30. The molecule has 1 amide bonds. The average molecular weight is 370 g/mol. The van der Waals surface area contributed by atoms with Gasteiger partial charge in [-0.2, -0.15) is 5.21 Å². The number of rotatable bonds is 5. The summed E-state index contributed by atoms with van der Waals surface area (Å²) < 4.78 is 5.47. The first-order valence-electron chi connectivity index (χ1n) is 9.72. The van der Waals surface area contributed by atoms with Crippen molar-refractivity contribution in [2.24, 2.45) is 5.92 Å². The third kappa shape index (κ3) is 4.51. The van der Waals surface area contributed by atoms with Gasteiger partial charge in [-0.3, -0.25) is 9.69 Å². The van der Waals surface area contributed by atoms with Gasteiger partial charge in [0.2, 0.25) is 11.7 Å². The molecule has 4 rings (SSSR count). The molecule has 1 aromatic carbocycles. The quantitative estimate of drug-likeness (QED) is 0.825. The molecule has 0 radical (unpaired) electrons. The number of nitrogens with one attached hydrogen (secondary N) is 2. The Morgan fingerprint density at radius 3 is 3.00 bits per heavy atom. The Hall–Kier alpha value is -2.32. The zero-order valence-electron chi connectivity index (χ0n) is 15.4. The van der Waals surface area contributed by atoms with E-state index in [0.717, 1.165) is 63.1 Å². The van der Waals surface area contributed by atoms with Gasteiger partial charge in [-0.05, 0) is 49.1 Å². The van der Waals surface area contributed by atoms with Gasteiger partial charge in [0, 0.05) is 37.9 Å². The minimum Gasteiger partial charge on any atom is -0.381 e. The highest BCUT2D eigenvalue weighted by Crippen LogP contribution is 2.23. The standard InChI is InChI=1S/C19H26N6O2/c26-19(16-5-2-8-25(13-16)17-6-9-27-10-7-17)20-12-14-3-1-4-15(11-14)18-21-23-24-22-18/h1,3-4,11,16-17H,2,5-10,12-13H2,(H,20,26)(H,21,22,23,24)/t16-/m1/s1. The van der Waals surface area contributed by atoms with Crippen molar-refractivity contribution in [3.8, 4) is 11.4 Å². The van der Waals surface area contributed by atoms with E-state index in [1.54, 1.807) is 0 Å². The molecule has 2 fully saturated rings. The largest absolute Gasteiger partial charge is 0.381 e. The fourth-order valence-electron chi connectivity index (χ4n) is 4.04. The molecule has 2 aromatic rings. The number of carbonyl (C=O) groups is 1. The summed E-state index contributed by atoms with van der Waals surface area (Å²) in [4.78, 5) is 15.2. The van der Waals surface area contributed by atoms with Crippen LogP contribution in [0.25, 0.3) is 11.4 Å². The number of carbonyl (C=O) groups excluding carboxylic acids is 1. The molecule has 144 valence electrons. The van der Waals surface area contributed by atoms with Crippen LogP contribution < -0.4 is 5.32 Å². The maximum absolute atomic E-state index is 12.7. The molecule has 1 atom stereocenters. The Morgan fingerprint density at radius 2 is 2.19 bits per heavy atom. The number of aromatic nitrogens is 4. The molecule has 2 N–H and O–H groups in total. The van der Waals surface area contributed by atoms with Crippen LogP contribution in [-0.4, -0.2) is 63.8 Å². The Morgan fingerprint density at radius 1 is 1.30 bits per heavy atom. The van der Waals surface area contributed by atoms with Crippen molar-refractivity contribution < 1.29 is 9.53 Å². The van der Waals surface area contributed by atoms with Gasteiger partial charge in [-0.1, -0.05) is 18.2 Å². The Kier molecular flexibility index (Phi) is 5.74. The minimum absolute atomic E-state index is 0.0713. The summed E-state index contributed by atoms with van der Waals surface area (Å²) in [6.45, 7) is 4.16. The number of amides is 1. The van der Waals surface area contributed by atoms with Crippen molar-refractivity contribution >= 4 is 5.91 Å². The number of benzene rings is 1. The molecule has 27 heavy (non-hydrogen) atoms. The molecule has 0 bridgehead atoms. The first kappa shape index (κ1) is 18.1. The fourth-order valence-corrected chi connectivity index (χ4v) is 4.04. The van der Waals surface area contributed by atoms with Crippen molar-refractivity contribution in [1.82, 2.24) is 30.8 Å². The number of hydrogen-bond acceptors (Lipinski definition) is 6. The van der Waals surface area contributed by atoms with Gasteiger partial charge in [0.1, 0.15) is 0 Å². The highest BCUT2D eigenvalue weighted by atomic mass is 16.5. The SMILES string of the molecule is O=C(NCc1cccc(-c2nn[nH]n2)c1)[C@@H]1CCCN(C2CCOCC2)C1. The van der Waals surface area contributed by atoms with E-state index in [4.69, 9.17) is 4.74 Å². The first-order chi connectivity index (χ1) is 13.3. The van der Waals surface area contributed by atoms with Crippen LogP contribution in [-0.2, 0) is 16.1 Å². The Balaban J connectivity index is 1.32. The summed E-state index contributed by atoms with van der Waals surface area (Å²) in [5.41, 5.74) is 1.92. The highest BCUT2D eigenvalue weighted by molar-refractivity contribution is 5.79. The summed E-state index contributed by atoms with van der Waals surface area (Å²) in [6, 6.07) is 8.43. The lowest BCUT2D eigenvalue weighted by molar-refractivity contribution is -0.127. The molecule has 0 aliphatic carbocycles. The lowest BCUT2D eigenvalue weighted by atomic mass is 9.94. The monoisotopic (exact) mass is 370 g/mol. The van der Waals surface area contributed by atoms with Gasteiger partial charge in [0.05, 0.1) is 5.92 Å². The van der Waals surface area contributed by atoms with Crippen LogP contribution in [0.4, 0.5) is 0 Å². The second-order valence-corrected chi connectivity index (χ2v) is 7.33. The van der Waals surface area contributed by atoms with E-state index in [1.165, 1.54) is 0 Å². The number of aromatic amines is 1. The number of likely N-dealkylation sites (tertiary alicyclic amines) is 1. The van der Waals surface area contributed by atoms with E-state index in [2.05, 4.69) is 30.8 Å². The van der Waals surface area contributed by atoms with Crippen molar-refractivity contribution in [3.63, 3.8) is 0 Å². The van der Waals surface area contributed by atoms with Gasteiger partial charge >= 0.3 is 0 Å². The molecule has 8 nitrogen and oxygen atoms in total. The number of hydrogen-bond donors (Lipinski definition) is 2. The number of tetrazole rings is 1. The van der Waals surface area contributed by atoms with Gasteiger partial charge in [0.15, 0.2) is 0 Å². The van der Waals surface area contributed by atoms with Crippen LogP contribution in [0, 0.1) is 5.92 Å². The number of ether oxygens (including phenoxy) is 1. The van der Waals surface area contributed by atoms with Crippen molar-refractivity contribution in [3.05, 3.63) is 29.8 Å². The minimum atomic E-state index is 0.0713. The zero-order valence-corrected chi connectivity index (χ0v) is 15.4. The van der Waals surface area contributed by atoms with Crippen LogP contribution in [0.3, 0.4) is 0 Å². The molecular formula is C19H26N6O2. The molecule has 1 aromatic heterocycles. The van der Waals surface area contributed by atoms with Gasteiger partial charge in [-0.15, -0.1) is 10.2 Å². The topological polar surface area (TPSA) is 96.0 Å². The van der Waals surface area contributed by atoms with Crippen LogP contribution in [0.15, 0.2) is 24.3 Å². The van der Waals surface area contributed by atoms with E-state index in [9.17, 15) is 4.79 Å². The molecule has 8 heteroatoms. The van der Waals surface area contributed by atoms with E-state index in [-0.39, 0.29) is 11.8 Å². The predicted octanol–water partition coefficient (Wildman–Crippen LogP) is 1.37. The molecule has 0 spiro atoms. The normalized spacial score (nSPS) is 21.9. The van der Waals surface area contributed by atoms with Crippen LogP contribution in [0.5, 0.6) is 0 Å². The maximum atomic E-state index is 12.7. The fraction of sp³-hybridized carbons (Fsp3) is 0.579. The van der Waals surface area contributed by atoms with E-state index in [1.807, 2.05) is 24.3 Å². The van der Waals surface area contributed by atoms with Crippen LogP contribution in [0.2, 0.25) is 0 Å². The first-order valence-corrected chi connectivity index (χ1v) is 9.72. The summed E-state index contributed by atoms with van der Waals surface area (Å²) in [6.07, 6.45) is 4.21. The van der Waals surface area contributed by atoms with Gasteiger partial charge in [-0.25, -0.2) is 0 Å². The van der Waals surface area contributed by atoms with Crippen LogP contribution >= 0.6 is 0 Å². The van der Waals surface area contributed by atoms with E-state index < -0.39 is 0 Å². The Bertz CT molecular complexity index is 744. The van der Waals surface area contributed by atoms with Gasteiger partial charge in [0.25, 0.3) is 0 Å². The lowest BCUT2D eigenvalue weighted by Gasteiger charge is -2.39. The predicted molar refractivity (Wildman–Crippen MR) is 99.6 cm³/mol. The van der Waals surface area contributed by atoms with Crippen molar-refractivity contribution in [1.29, 1.82) is 0 Å². The number of nitrogens with zero attached hydrogens (tertiary/aromatic N) is 4. The van der Waals surface area contributed by atoms with E-state index in [0.29, 0.717) is 18.4 Å². The zero-order chi connectivity index (χ0) is 18.5. The molecular weight excluding hydrogens is 344 g/mol. The average Bonchev–Trinajstić information content (AvgIpc) is 3.28. The second kappa shape index (κ2) is 8.58. The van der Waals surface area contributed by atoms with Crippen molar-refractivity contribution in [2.45, 2.75) is 38.3 Å². The number of H-pyrrole nitrogens is 1. The number of piperidine rings is 1. The summed E-state index contributed by atoms with van der Waals surface area (Å²) in [7, 11) is 0. The van der Waals surface area contributed by atoms with Crippen molar-refractivity contribution in [2.75, 3.05) is 26.3 Å². The van der Waals surface area contributed by atoms with E-state index >= 15 is 0 Å². The summed E-state index contributed by atoms with van der Waals surface area (Å²) in [5, 5.41) is 17.2. The maximum Gasteiger partial charge on any atom is 0.224 e. The smallest absolute Gasteiger partial charge is 0.224 e. The third-order valence-corrected chi connectivity index (χ3v) is 5.53. The van der Waals surface area contributed by atoms with Crippen LogP contribution in [0.1, 0.15) is 31.2 Å². The molecule has 0 unspecified atom stereocenters. The molecule has 0 saturated carbocycles. The lowest BCUT2D eigenvalue weighted by Crippen LogP contribution is -2.48. The molecule has 2 aliphatic heterocycles.